The van der Waals surface area contributed by atoms with Gasteiger partial charge in [0.05, 0.1) is 6.54 Å². The van der Waals surface area contributed by atoms with Crippen molar-refractivity contribution in [3.8, 4) is 0 Å². The van der Waals surface area contributed by atoms with Gasteiger partial charge in [-0.05, 0) is 31.6 Å². The number of rotatable bonds is 1. The van der Waals surface area contributed by atoms with E-state index in [-0.39, 0.29) is 12.4 Å². The lowest BCUT2D eigenvalue weighted by Gasteiger charge is -2.38. The van der Waals surface area contributed by atoms with Gasteiger partial charge in [0.1, 0.15) is 0 Å². The molecule has 2 aliphatic rings. The Balaban J connectivity index is 0.00000112. The topological polar surface area (TPSA) is 32.3 Å². The summed E-state index contributed by atoms with van der Waals surface area (Å²) in [7, 11) is 0. The van der Waals surface area contributed by atoms with Crippen molar-refractivity contribution >= 4 is 18.3 Å². The van der Waals surface area contributed by atoms with E-state index in [0.29, 0.717) is 18.5 Å². The summed E-state index contributed by atoms with van der Waals surface area (Å²) < 4.78 is 0. The Kier molecular flexibility index (Phi) is 4.87. The Hall–Kier alpha value is -0.280. The van der Waals surface area contributed by atoms with Crippen LogP contribution in [0.15, 0.2) is 0 Å². The summed E-state index contributed by atoms with van der Waals surface area (Å²) >= 11 is 0. The summed E-state index contributed by atoms with van der Waals surface area (Å²) in [4.78, 5) is 13.7. The van der Waals surface area contributed by atoms with Crippen LogP contribution in [0.5, 0.6) is 0 Å². The van der Waals surface area contributed by atoms with E-state index in [4.69, 9.17) is 0 Å². The largest absolute Gasteiger partial charge is 0.337 e. The van der Waals surface area contributed by atoms with E-state index >= 15 is 0 Å². The molecule has 0 unspecified atom stereocenters. The third-order valence-electron chi connectivity index (χ3n) is 3.55. The molecule has 1 saturated carbocycles. The molecule has 1 aliphatic heterocycles. The van der Waals surface area contributed by atoms with Gasteiger partial charge < -0.3 is 10.2 Å². The third-order valence-corrected chi connectivity index (χ3v) is 3.55. The smallest absolute Gasteiger partial charge is 0.236 e. The van der Waals surface area contributed by atoms with Crippen molar-refractivity contribution < 1.29 is 4.79 Å². The van der Waals surface area contributed by atoms with E-state index in [1.807, 2.05) is 0 Å². The van der Waals surface area contributed by atoms with Crippen LogP contribution in [0.25, 0.3) is 0 Å². The molecule has 4 heteroatoms. The lowest BCUT2D eigenvalue weighted by Crippen LogP contribution is -2.53. The summed E-state index contributed by atoms with van der Waals surface area (Å²) in [6.07, 6.45) is 5.02. The average Bonchev–Trinajstić information content (AvgIpc) is 2.20. The summed E-state index contributed by atoms with van der Waals surface area (Å²) in [5.74, 6) is 1.17. The van der Waals surface area contributed by atoms with Gasteiger partial charge in [-0.2, -0.15) is 0 Å². The average molecular weight is 233 g/mol. The van der Waals surface area contributed by atoms with Crippen molar-refractivity contribution in [1.29, 1.82) is 0 Å². The first kappa shape index (κ1) is 12.8. The fourth-order valence-corrected chi connectivity index (χ4v) is 2.56. The van der Waals surface area contributed by atoms with Gasteiger partial charge in [-0.15, -0.1) is 12.4 Å². The highest BCUT2D eigenvalue weighted by atomic mass is 35.5. The Labute approximate surface area is 98.0 Å². The van der Waals surface area contributed by atoms with Crippen molar-refractivity contribution in [2.24, 2.45) is 5.92 Å². The Bertz CT molecular complexity index is 215. The first-order chi connectivity index (χ1) is 6.77. The molecule has 0 aromatic rings. The SMILES string of the molecule is CC1CCC(N2CCNCC2=O)CC1.Cl. The summed E-state index contributed by atoms with van der Waals surface area (Å²) in [6.45, 7) is 4.75. The van der Waals surface area contributed by atoms with Gasteiger partial charge in [0.2, 0.25) is 5.91 Å². The molecule has 3 nitrogen and oxygen atoms in total. The number of amides is 1. The molecule has 1 saturated heterocycles. The molecule has 0 atom stereocenters. The predicted octanol–water partition coefficient (Wildman–Crippen LogP) is 1.42. The molecular weight excluding hydrogens is 212 g/mol. The van der Waals surface area contributed by atoms with Gasteiger partial charge in [0.25, 0.3) is 0 Å². The van der Waals surface area contributed by atoms with Crippen LogP contribution in [0, 0.1) is 5.92 Å². The Morgan fingerprint density at radius 1 is 1.27 bits per heavy atom. The van der Waals surface area contributed by atoms with E-state index in [2.05, 4.69) is 17.1 Å². The molecule has 0 bridgehead atoms. The second-order valence-corrected chi connectivity index (χ2v) is 4.68. The van der Waals surface area contributed by atoms with Crippen LogP contribution in [0.4, 0.5) is 0 Å². The normalized spacial score (nSPS) is 32.3. The highest BCUT2D eigenvalue weighted by Crippen LogP contribution is 2.27. The number of piperazine rings is 1. The molecule has 15 heavy (non-hydrogen) atoms. The van der Waals surface area contributed by atoms with E-state index in [1.165, 1.54) is 25.7 Å². The molecule has 0 radical (unpaired) electrons. The zero-order chi connectivity index (χ0) is 9.97. The zero-order valence-electron chi connectivity index (χ0n) is 9.37. The zero-order valence-corrected chi connectivity index (χ0v) is 10.2. The maximum Gasteiger partial charge on any atom is 0.236 e. The number of nitrogens with zero attached hydrogens (tertiary/aromatic N) is 1. The van der Waals surface area contributed by atoms with Gasteiger partial charge in [0, 0.05) is 19.1 Å². The summed E-state index contributed by atoms with van der Waals surface area (Å²) in [6, 6.07) is 0.542. The molecule has 0 aromatic heterocycles. The van der Waals surface area contributed by atoms with Crippen molar-refractivity contribution in [2.75, 3.05) is 19.6 Å². The van der Waals surface area contributed by atoms with Gasteiger partial charge in [0.15, 0.2) is 0 Å². The minimum absolute atomic E-state index is 0. The fourth-order valence-electron chi connectivity index (χ4n) is 2.56. The van der Waals surface area contributed by atoms with Crippen molar-refractivity contribution in [3.05, 3.63) is 0 Å². The van der Waals surface area contributed by atoms with Crippen LogP contribution in [0.2, 0.25) is 0 Å². The maximum absolute atomic E-state index is 11.6. The molecule has 1 N–H and O–H groups in total. The second-order valence-electron chi connectivity index (χ2n) is 4.68. The van der Waals surface area contributed by atoms with Gasteiger partial charge in [-0.1, -0.05) is 6.92 Å². The number of carbonyl (C=O) groups excluding carboxylic acids is 1. The molecule has 2 rings (SSSR count). The highest BCUT2D eigenvalue weighted by Gasteiger charge is 2.28. The lowest BCUT2D eigenvalue weighted by molar-refractivity contribution is -0.135. The van der Waals surface area contributed by atoms with Gasteiger partial charge >= 0.3 is 0 Å². The van der Waals surface area contributed by atoms with E-state index in [0.717, 1.165) is 19.0 Å². The molecule has 2 fully saturated rings. The maximum atomic E-state index is 11.6. The number of carbonyl (C=O) groups is 1. The number of nitrogens with one attached hydrogen (secondary N) is 1. The minimum Gasteiger partial charge on any atom is -0.337 e. The van der Waals surface area contributed by atoms with Crippen LogP contribution >= 0.6 is 12.4 Å². The summed E-state index contributed by atoms with van der Waals surface area (Å²) in [5.41, 5.74) is 0. The van der Waals surface area contributed by atoms with Gasteiger partial charge in [-0.3, -0.25) is 4.79 Å². The van der Waals surface area contributed by atoms with Crippen LogP contribution in [-0.4, -0.2) is 36.5 Å². The van der Waals surface area contributed by atoms with Crippen molar-refractivity contribution in [3.63, 3.8) is 0 Å². The summed E-state index contributed by atoms with van der Waals surface area (Å²) in [5, 5.41) is 3.12. The quantitative estimate of drug-likeness (QED) is 0.742. The van der Waals surface area contributed by atoms with Crippen LogP contribution in [0.1, 0.15) is 32.6 Å². The molecule has 0 spiro atoms. The highest BCUT2D eigenvalue weighted by molar-refractivity contribution is 5.85. The molecule has 1 heterocycles. The third kappa shape index (κ3) is 3.08. The Morgan fingerprint density at radius 3 is 2.53 bits per heavy atom. The minimum atomic E-state index is 0. The molecular formula is C11H21ClN2O. The van der Waals surface area contributed by atoms with E-state index in [9.17, 15) is 4.79 Å². The molecule has 0 aromatic carbocycles. The van der Waals surface area contributed by atoms with Crippen LogP contribution < -0.4 is 5.32 Å². The van der Waals surface area contributed by atoms with E-state index in [1.54, 1.807) is 0 Å². The number of hydrogen-bond donors (Lipinski definition) is 1. The van der Waals surface area contributed by atoms with E-state index < -0.39 is 0 Å². The predicted molar refractivity (Wildman–Crippen MR) is 63.3 cm³/mol. The van der Waals surface area contributed by atoms with Gasteiger partial charge in [-0.25, -0.2) is 0 Å². The molecule has 1 amide bonds. The number of hydrogen-bond acceptors (Lipinski definition) is 2. The van der Waals surface area contributed by atoms with Crippen LogP contribution in [0.3, 0.4) is 0 Å². The lowest BCUT2D eigenvalue weighted by atomic mass is 9.86. The first-order valence-corrected chi connectivity index (χ1v) is 5.77. The Morgan fingerprint density at radius 2 is 1.93 bits per heavy atom. The fraction of sp³-hybridized carbons (Fsp3) is 0.909. The molecule has 88 valence electrons. The van der Waals surface area contributed by atoms with Crippen molar-refractivity contribution in [1.82, 2.24) is 10.2 Å². The molecule has 1 aliphatic carbocycles. The van der Waals surface area contributed by atoms with Crippen LogP contribution in [-0.2, 0) is 4.79 Å². The first-order valence-electron chi connectivity index (χ1n) is 5.77. The number of halogens is 1. The second kappa shape index (κ2) is 5.71. The van der Waals surface area contributed by atoms with Crippen molar-refractivity contribution in [2.45, 2.75) is 38.6 Å². The standard InChI is InChI=1S/C11H20N2O.ClH/c1-9-2-4-10(5-3-9)13-7-6-12-8-11(13)14;/h9-10,12H,2-8H2,1H3;1H. The monoisotopic (exact) mass is 232 g/mol.